The summed E-state index contributed by atoms with van der Waals surface area (Å²) >= 11 is 1.66. The molecule has 0 unspecified atom stereocenters. The Hall–Kier alpha value is -3.30. The van der Waals surface area contributed by atoms with Gasteiger partial charge in [0.1, 0.15) is 6.61 Å². The second-order valence-corrected chi connectivity index (χ2v) is 10.7. The molecule has 3 aliphatic rings. The number of hydrogen-bond acceptors (Lipinski definition) is 9. The second kappa shape index (κ2) is 11.2. The first-order chi connectivity index (χ1) is 18.5. The number of carbonyl (C=O) groups excluding carboxylic acids is 2. The van der Waals surface area contributed by atoms with Crippen molar-refractivity contribution in [1.82, 2.24) is 5.32 Å². The van der Waals surface area contributed by atoms with E-state index in [2.05, 4.69) is 11.4 Å². The average molecular weight is 540 g/mol. The molecule has 3 heterocycles. The van der Waals surface area contributed by atoms with Crippen LogP contribution in [0.25, 0.3) is 0 Å². The van der Waals surface area contributed by atoms with Crippen molar-refractivity contribution in [3.63, 3.8) is 0 Å². The number of benzene rings is 1. The third-order valence-electron chi connectivity index (χ3n) is 7.46. The lowest BCUT2D eigenvalue weighted by molar-refractivity contribution is -0.142. The molecule has 0 spiro atoms. The Morgan fingerprint density at radius 1 is 1.11 bits per heavy atom. The predicted octanol–water partition coefficient (Wildman–Crippen LogP) is 4.86. The zero-order valence-corrected chi connectivity index (χ0v) is 22.9. The van der Waals surface area contributed by atoms with Crippen molar-refractivity contribution in [3.8, 4) is 17.2 Å². The van der Waals surface area contributed by atoms with Gasteiger partial charge in [-0.15, -0.1) is 11.3 Å². The minimum Gasteiger partial charge on any atom is -0.493 e. The lowest BCUT2D eigenvalue weighted by atomic mass is 9.72. The SMILES string of the molecule is COc1ccc([C@H]2C(C(=O)OC[C@@H]3CCCO3)=C(C)NC3=C2C(=O)C[C@@H](c2cccs2)C3)c(OC)c1OC. The van der Waals surface area contributed by atoms with Crippen LogP contribution < -0.4 is 19.5 Å². The largest absolute Gasteiger partial charge is 0.493 e. The van der Waals surface area contributed by atoms with Crippen LogP contribution in [-0.4, -0.2) is 52.4 Å². The average Bonchev–Trinajstić information content (AvgIpc) is 3.64. The molecular weight excluding hydrogens is 506 g/mol. The van der Waals surface area contributed by atoms with Crippen molar-refractivity contribution in [1.29, 1.82) is 0 Å². The number of rotatable bonds is 8. The highest BCUT2D eigenvalue weighted by Crippen LogP contribution is 2.51. The Morgan fingerprint density at radius 3 is 2.58 bits per heavy atom. The number of ether oxygens (including phenoxy) is 5. The van der Waals surface area contributed by atoms with Gasteiger partial charge in [-0.05, 0) is 43.7 Å². The molecule has 1 fully saturated rings. The van der Waals surface area contributed by atoms with E-state index < -0.39 is 11.9 Å². The molecule has 0 radical (unpaired) electrons. The number of thiophene rings is 1. The zero-order chi connectivity index (χ0) is 26.8. The summed E-state index contributed by atoms with van der Waals surface area (Å²) < 4.78 is 28.4. The lowest BCUT2D eigenvalue weighted by Gasteiger charge is -2.37. The van der Waals surface area contributed by atoms with Gasteiger partial charge >= 0.3 is 5.97 Å². The monoisotopic (exact) mass is 539 g/mol. The maximum absolute atomic E-state index is 13.9. The molecule has 9 heteroatoms. The van der Waals surface area contributed by atoms with Gasteiger partial charge in [0.2, 0.25) is 5.75 Å². The van der Waals surface area contributed by atoms with Gasteiger partial charge in [0, 0.05) is 46.4 Å². The Morgan fingerprint density at radius 2 is 1.92 bits per heavy atom. The van der Waals surface area contributed by atoms with Crippen molar-refractivity contribution in [2.75, 3.05) is 34.5 Å². The number of methoxy groups -OCH3 is 3. The summed E-state index contributed by atoms with van der Waals surface area (Å²) in [7, 11) is 4.63. The van der Waals surface area contributed by atoms with Gasteiger partial charge in [-0.2, -0.15) is 0 Å². The summed E-state index contributed by atoms with van der Waals surface area (Å²) in [5, 5.41) is 5.43. The number of dihydropyridines is 1. The van der Waals surface area contributed by atoms with Crippen LogP contribution in [0.15, 0.2) is 52.2 Å². The normalized spacial score (nSPS) is 23.2. The van der Waals surface area contributed by atoms with Crippen LogP contribution in [0.4, 0.5) is 0 Å². The molecule has 5 rings (SSSR count). The molecule has 3 atom stereocenters. The molecule has 1 N–H and O–H groups in total. The molecule has 2 aromatic rings. The fraction of sp³-hybridized carbons (Fsp3) is 0.448. The van der Waals surface area contributed by atoms with Crippen molar-refractivity contribution in [2.24, 2.45) is 0 Å². The highest BCUT2D eigenvalue weighted by molar-refractivity contribution is 7.10. The summed E-state index contributed by atoms with van der Waals surface area (Å²) in [6.45, 7) is 2.70. The van der Waals surface area contributed by atoms with Gasteiger partial charge in [0.15, 0.2) is 17.3 Å². The third kappa shape index (κ3) is 4.80. The molecule has 1 saturated heterocycles. The summed E-state index contributed by atoms with van der Waals surface area (Å²) in [5.74, 6) is 0.223. The van der Waals surface area contributed by atoms with Crippen molar-refractivity contribution < 1.29 is 33.3 Å². The van der Waals surface area contributed by atoms with E-state index in [1.807, 2.05) is 24.4 Å². The minimum atomic E-state index is -0.685. The second-order valence-electron chi connectivity index (χ2n) is 9.69. The Bertz CT molecular complexity index is 1270. The van der Waals surface area contributed by atoms with Crippen LogP contribution in [0.3, 0.4) is 0 Å². The molecule has 1 aliphatic carbocycles. The first-order valence-electron chi connectivity index (χ1n) is 12.8. The maximum atomic E-state index is 13.9. The quantitative estimate of drug-likeness (QED) is 0.476. The zero-order valence-electron chi connectivity index (χ0n) is 22.1. The van der Waals surface area contributed by atoms with E-state index >= 15 is 0 Å². The molecule has 202 valence electrons. The van der Waals surface area contributed by atoms with E-state index in [1.165, 1.54) is 12.0 Å². The van der Waals surface area contributed by atoms with Crippen molar-refractivity contribution in [2.45, 2.75) is 50.5 Å². The molecule has 0 saturated carbocycles. The van der Waals surface area contributed by atoms with Gasteiger partial charge in [-0.1, -0.05) is 12.1 Å². The van der Waals surface area contributed by atoms with Gasteiger partial charge in [-0.25, -0.2) is 4.79 Å². The Kier molecular flexibility index (Phi) is 7.76. The first kappa shape index (κ1) is 26.3. The maximum Gasteiger partial charge on any atom is 0.336 e. The number of nitrogens with one attached hydrogen (secondary N) is 1. The smallest absolute Gasteiger partial charge is 0.336 e. The van der Waals surface area contributed by atoms with Gasteiger partial charge < -0.3 is 29.0 Å². The highest BCUT2D eigenvalue weighted by atomic mass is 32.1. The summed E-state index contributed by atoms with van der Waals surface area (Å²) in [4.78, 5) is 28.7. The molecule has 38 heavy (non-hydrogen) atoms. The number of carbonyl (C=O) groups is 2. The number of allylic oxidation sites excluding steroid dienone is 3. The van der Waals surface area contributed by atoms with E-state index in [-0.39, 0.29) is 24.4 Å². The highest BCUT2D eigenvalue weighted by Gasteiger charge is 2.43. The molecule has 2 aliphatic heterocycles. The van der Waals surface area contributed by atoms with E-state index in [0.717, 1.165) is 18.5 Å². The van der Waals surface area contributed by atoms with Gasteiger partial charge in [-0.3, -0.25) is 4.79 Å². The van der Waals surface area contributed by atoms with Crippen LogP contribution in [0.1, 0.15) is 54.9 Å². The molecule has 0 amide bonds. The van der Waals surface area contributed by atoms with Crippen molar-refractivity contribution in [3.05, 3.63) is 62.6 Å². The number of hydrogen-bond donors (Lipinski definition) is 1. The van der Waals surface area contributed by atoms with Crippen LogP contribution >= 0.6 is 11.3 Å². The van der Waals surface area contributed by atoms with E-state index in [0.29, 0.717) is 59.1 Å². The van der Waals surface area contributed by atoms with Crippen LogP contribution in [0.5, 0.6) is 17.2 Å². The molecule has 8 nitrogen and oxygen atoms in total. The van der Waals surface area contributed by atoms with E-state index in [4.69, 9.17) is 23.7 Å². The number of esters is 1. The third-order valence-corrected chi connectivity index (χ3v) is 8.50. The summed E-state index contributed by atoms with van der Waals surface area (Å²) in [5.41, 5.74) is 3.08. The number of ketones is 1. The molecular formula is C29H33NO7S. The standard InChI is InChI=1S/C29H33NO7S/c1-16-24(29(32)37-15-18-7-5-11-36-18)25(19-9-10-22(33-2)28(35-4)27(19)34-3)26-20(30-16)13-17(14-21(26)31)23-8-6-12-38-23/h6,8-10,12,17-18,25,30H,5,7,11,13-15H2,1-4H3/t17-,18-,25-/m0/s1. The predicted molar refractivity (Wildman–Crippen MR) is 143 cm³/mol. The lowest BCUT2D eigenvalue weighted by Crippen LogP contribution is -2.36. The Labute approximate surface area is 226 Å². The van der Waals surface area contributed by atoms with Crippen LogP contribution in [0.2, 0.25) is 0 Å². The molecule has 1 aromatic carbocycles. The fourth-order valence-electron chi connectivity index (χ4n) is 5.72. The molecule has 1 aromatic heterocycles. The fourth-order valence-corrected chi connectivity index (χ4v) is 6.55. The van der Waals surface area contributed by atoms with Crippen LogP contribution in [0, 0.1) is 0 Å². The first-order valence-corrected chi connectivity index (χ1v) is 13.7. The van der Waals surface area contributed by atoms with Crippen LogP contribution in [-0.2, 0) is 19.1 Å². The topological polar surface area (TPSA) is 92.3 Å². The van der Waals surface area contributed by atoms with E-state index in [1.54, 1.807) is 31.6 Å². The van der Waals surface area contributed by atoms with Gasteiger partial charge in [0.05, 0.1) is 38.9 Å². The molecule has 0 bridgehead atoms. The summed E-state index contributed by atoms with van der Waals surface area (Å²) in [6.07, 6.45) is 2.73. The van der Waals surface area contributed by atoms with Gasteiger partial charge in [0.25, 0.3) is 0 Å². The van der Waals surface area contributed by atoms with Crippen molar-refractivity contribution >= 4 is 23.1 Å². The van der Waals surface area contributed by atoms with E-state index in [9.17, 15) is 9.59 Å². The number of Topliss-reactive ketones (excluding diaryl/α,β-unsaturated/α-hetero) is 1. The Balaban J connectivity index is 1.60. The minimum absolute atomic E-state index is 0.00378. The summed E-state index contributed by atoms with van der Waals surface area (Å²) in [6, 6.07) is 7.68.